The largest absolute Gasteiger partial charge is 0.455 e. The number of para-hydroxylation sites is 2. The Balaban J connectivity index is 0.000000154. The summed E-state index contributed by atoms with van der Waals surface area (Å²) in [5.41, 5.74) is 40.2. The molecule has 4 aliphatic carbocycles. The fourth-order valence-electron chi connectivity index (χ4n) is 20.8. The summed E-state index contributed by atoms with van der Waals surface area (Å²) in [5.74, 6) is 0. The zero-order valence-electron chi connectivity index (χ0n) is 77.3. The van der Waals surface area contributed by atoms with E-state index in [0.29, 0.717) is 0 Å². The highest BCUT2D eigenvalue weighted by atomic mass is 79.9. The van der Waals surface area contributed by atoms with Crippen molar-refractivity contribution in [1.82, 2.24) is 0 Å². The average Bonchev–Trinajstić information content (AvgIpc) is 1.50. The molecule has 7 heteroatoms. The first kappa shape index (κ1) is 84.6. The minimum Gasteiger partial charge on any atom is -0.455 e. The van der Waals surface area contributed by atoms with Gasteiger partial charge in [0, 0.05) is 65.8 Å². The molecule has 0 radical (unpaired) electrons. The SMILES string of the molecule is Brc1ccc2c(c1)C1(c3ccccc3-c3ccccc31)c1cc(Br)c3oc4ccccc4c3c1-2.CC(C)(C)c1ccc(N(c2ccc(C(C)(C)C)cc2)c2ccc3c(c2)C2(c4ccccc4-c4ccccc42)c2cc(N(c4ccc(C(C)(C)C)cc4)c4ccc(C(C)(C)C)cc4)c4oc5ccccc5c4c2-3)cc1.CC(C)(C)c1ccc(Nc2ccc(C(C)(C)C)cc2)cc1. The third kappa shape index (κ3) is 14.2. The molecular weight excluding hydrogens is 1700 g/mol. The highest BCUT2D eigenvalue weighted by Crippen LogP contribution is 2.68. The summed E-state index contributed by atoms with van der Waals surface area (Å²) in [6.07, 6.45) is 0. The molecule has 129 heavy (non-hydrogen) atoms. The van der Waals surface area contributed by atoms with E-state index in [4.69, 9.17) is 8.83 Å². The van der Waals surface area contributed by atoms with Crippen LogP contribution in [0.15, 0.2) is 357 Å². The van der Waals surface area contributed by atoms with Crippen LogP contribution in [0.5, 0.6) is 0 Å². The Morgan fingerprint density at radius 2 is 0.543 bits per heavy atom. The molecular formula is C122H111Br2N3O2. The maximum Gasteiger partial charge on any atom is 0.160 e. The number of benzene rings is 16. The first-order chi connectivity index (χ1) is 61.6. The number of rotatable bonds is 8. The molecule has 16 aromatic carbocycles. The molecule has 640 valence electrons. The predicted molar refractivity (Wildman–Crippen MR) is 553 cm³/mol. The van der Waals surface area contributed by atoms with Gasteiger partial charge in [0.25, 0.3) is 0 Å². The zero-order chi connectivity index (χ0) is 90.0. The Morgan fingerprint density at radius 3 is 0.915 bits per heavy atom. The van der Waals surface area contributed by atoms with Gasteiger partial charge in [-0.15, -0.1) is 0 Å². The summed E-state index contributed by atoms with van der Waals surface area (Å²) in [7, 11) is 0. The smallest absolute Gasteiger partial charge is 0.160 e. The Labute approximate surface area is 778 Å². The van der Waals surface area contributed by atoms with E-state index in [1.54, 1.807) is 0 Å². The lowest BCUT2D eigenvalue weighted by atomic mass is 9.70. The number of furan rings is 2. The molecule has 0 unspecified atom stereocenters. The monoisotopic (exact) mass is 1810 g/mol. The van der Waals surface area contributed by atoms with Crippen molar-refractivity contribution < 1.29 is 8.83 Å². The molecule has 1 N–H and O–H groups in total. The van der Waals surface area contributed by atoms with Crippen LogP contribution in [0.1, 0.15) is 203 Å². The molecule has 0 amide bonds. The van der Waals surface area contributed by atoms with Gasteiger partial charge in [-0.25, -0.2) is 0 Å². The Kier molecular flexibility index (Phi) is 20.4. The van der Waals surface area contributed by atoms with Gasteiger partial charge in [-0.2, -0.15) is 0 Å². The molecule has 0 fully saturated rings. The first-order valence-electron chi connectivity index (χ1n) is 45.6. The van der Waals surface area contributed by atoms with Crippen LogP contribution < -0.4 is 15.1 Å². The third-order valence-corrected chi connectivity index (χ3v) is 28.6. The van der Waals surface area contributed by atoms with E-state index in [1.807, 2.05) is 6.07 Å². The molecule has 0 saturated carbocycles. The maximum atomic E-state index is 7.29. The van der Waals surface area contributed by atoms with Crippen molar-refractivity contribution in [3.63, 3.8) is 0 Å². The Hall–Kier alpha value is -12.5. The van der Waals surface area contributed by atoms with Crippen molar-refractivity contribution >= 4 is 121 Å². The van der Waals surface area contributed by atoms with Crippen LogP contribution in [0.3, 0.4) is 0 Å². The van der Waals surface area contributed by atoms with Crippen LogP contribution in [-0.4, -0.2) is 0 Å². The number of hydrogen-bond donors (Lipinski definition) is 1. The molecule has 2 aromatic heterocycles. The quantitative estimate of drug-likeness (QED) is 0.164. The van der Waals surface area contributed by atoms with E-state index < -0.39 is 5.41 Å². The molecule has 4 aliphatic rings. The number of nitrogens with one attached hydrogen (secondary N) is 1. The number of fused-ring (bicyclic) bond motifs is 28. The number of anilines is 8. The lowest BCUT2D eigenvalue weighted by molar-refractivity contribution is 0.590. The van der Waals surface area contributed by atoms with Gasteiger partial charge < -0.3 is 24.0 Å². The van der Waals surface area contributed by atoms with Gasteiger partial charge in [0.05, 0.1) is 21.0 Å². The second kappa shape index (κ2) is 31.1. The highest BCUT2D eigenvalue weighted by Gasteiger charge is 2.55. The lowest BCUT2D eigenvalue weighted by Crippen LogP contribution is -2.26. The van der Waals surface area contributed by atoms with Gasteiger partial charge >= 0.3 is 0 Å². The molecule has 0 aliphatic heterocycles. The number of hydrogen-bond acceptors (Lipinski definition) is 5. The van der Waals surface area contributed by atoms with Gasteiger partial charge in [0.15, 0.2) is 5.58 Å². The molecule has 18 aromatic rings. The molecule has 2 spiro atoms. The van der Waals surface area contributed by atoms with Crippen LogP contribution in [0, 0.1) is 0 Å². The maximum absolute atomic E-state index is 7.29. The van der Waals surface area contributed by atoms with Gasteiger partial charge in [0.1, 0.15) is 16.7 Å². The van der Waals surface area contributed by atoms with Crippen molar-refractivity contribution in [2.75, 3.05) is 15.1 Å². The summed E-state index contributed by atoms with van der Waals surface area (Å²) >= 11 is 7.68. The van der Waals surface area contributed by atoms with Crippen molar-refractivity contribution in [3.05, 3.63) is 427 Å². The minimum absolute atomic E-state index is 0.00110. The van der Waals surface area contributed by atoms with Crippen LogP contribution in [0.4, 0.5) is 45.5 Å². The highest BCUT2D eigenvalue weighted by molar-refractivity contribution is 9.11. The summed E-state index contributed by atoms with van der Waals surface area (Å²) in [4.78, 5) is 4.91. The first-order valence-corrected chi connectivity index (χ1v) is 47.1. The Bertz CT molecular complexity index is 7170. The predicted octanol–water partition coefficient (Wildman–Crippen LogP) is 35.5. The van der Waals surface area contributed by atoms with E-state index in [9.17, 15) is 0 Å². The van der Waals surface area contributed by atoms with Crippen LogP contribution >= 0.6 is 31.9 Å². The number of nitrogens with zero attached hydrogens (tertiary/aromatic N) is 2. The summed E-state index contributed by atoms with van der Waals surface area (Å²) in [6, 6.07) is 126. The van der Waals surface area contributed by atoms with E-state index >= 15 is 0 Å². The van der Waals surface area contributed by atoms with Crippen molar-refractivity contribution in [3.8, 4) is 44.5 Å². The van der Waals surface area contributed by atoms with Crippen molar-refractivity contribution in [2.24, 2.45) is 0 Å². The normalized spacial score (nSPS) is 13.7. The van der Waals surface area contributed by atoms with E-state index in [1.165, 1.54) is 128 Å². The molecule has 0 bridgehead atoms. The van der Waals surface area contributed by atoms with Gasteiger partial charge in [-0.1, -0.05) is 359 Å². The average molecular weight is 1810 g/mol. The van der Waals surface area contributed by atoms with Crippen LogP contribution in [0.2, 0.25) is 0 Å². The zero-order valence-corrected chi connectivity index (χ0v) is 80.5. The summed E-state index contributed by atoms with van der Waals surface area (Å²) < 4.78 is 15.8. The standard InChI is InChI=1S/C71H68N2O.C31H16Br2O.C20H27N/c1-67(2,3)45-25-33-49(34-26-45)72(50-35-27-46(28-36-50)68(4,5)6)53-41-42-56-60(43-53)71(58-22-16-13-19-54(58)55-20-14-17-23-59(55)71)61-44-62(66-65(64(56)61)57-21-15-18-24-63(57)74-66)73(51-37-29-47(30-38-51)69(7,8)9)52-39-31-48(32-40-52)70(10,11)12;32-17-13-14-20-24(15-17)31(22-10-4-1-7-18(22)19-8-2-5-11-23(19)31)25-16-26(33)30-29(28(20)25)21-9-3-6-12-27(21)34-30;1-19(2,3)15-7-11-17(12-8-15)21-18-13-9-16(10-14-18)20(4,5)6/h13-44H,1-12H3;1-16H;7-14,21H,1-6H3. The second-order valence-corrected chi connectivity index (χ2v) is 43.7. The fourth-order valence-corrected chi connectivity index (χ4v) is 21.7. The van der Waals surface area contributed by atoms with Crippen LogP contribution in [0.25, 0.3) is 88.4 Å². The summed E-state index contributed by atoms with van der Waals surface area (Å²) in [5, 5.41) is 8.04. The molecule has 22 rings (SSSR count). The molecule has 0 saturated heterocycles. The van der Waals surface area contributed by atoms with E-state index in [-0.39, 0.29) is 37.9 Å². The molecule has 2 heterocycles. The van der Waals surface area contributed by atoms with Gasteiger partial charge in [-0.05, 0) is 292 Å². The van der Waals surface area contributed by atoms with Crippen molar-refractivity contribution in [1.29, 1.82) is 0 Å². The van der Waals surface area contributed by atoms with E-state index in [2.05, 4.69) is 505 Å². The third-order valence-electron chi connectivity index (χ3n) is 27.5. The lowest BCUT2D eigenvalue weighted by Gasteiger charge is -2.33. The molecule has 5 nitrogen and oxygen atoms in total. The number of halogens is 2. The van der Waals surface area contributed by atoms with E-state index in [0.717, 1.165) is 92.9 Å². The van der Waals surface area contributed by atoms with Crippen molar-refractivity contribution in [2.45, 2.75) is 168 Å². The summed E-state index contributed by atoms with van der Waals surface area (Å²) in [6.45, 7) is 40.9. The van der Waals surface area contributed by atoms with Gasteiger partial charge in [0.2, 0.25) is 0 Å². The fraction of sp³-hybridized carbons (Fsp3) is 0.213. The van der Waals surface area contributed by atoms with Gasteiger partial charge in [-0.3, -0.25) is 0 Å². The molecule has 0 atom stereocenters. The second-order valence-electron chi connectivity index (χ2n) is 41.9. The van der Waals surface area contributed by atoms with Crippen LogP contribution in [-0.2, 0) is 43.3 Å². The topological polar surface area (TPSA) is 44.8 Å². The Morgan fingerprint density at radius 1 is 0.248 bits per heavy atom. The minimum atomic E-state index is -0.676.